The van der Waals surface area contributed by atoms with Crippen LogP contribution in [0.25, 0.3) is 122 Å². The molecule has 0 unspecified atom stereocenters. The van der Waals surface area contributed by atoms with Crippen LogP contribution in [0.1, 0.15) is 0 Å². The number of aromatic nitrogens is 4. The maximum Gasteiger partial charge on any atom is 0.160 e. The summed E-state index contributed by atoms with van der Waals surface area (Å²) in [6.45, 7) is 0. The SMILES string of the molecule is c1ccc(-c2cc(-c3ccc4c5ccccc5c5c6cc(-c7cc(-c8ccccc8)nc(-c8ccccc8)n7)ccc6c6ccccc6c5c4c3)nc(-c3ccccc3)n2)cc1. The molecule has 288 valence electrons. The number of hydrogen-bond acceptors (Lipinski definition) is 4. The summed E-state index contributed by atoms with van der Waals surface area (Å²) in [5.41, 5.74) is 9.65. The molecule has 0 aliphatic rings. The molecule has 10 aromatic carbocycles. The topological polar surface area (TPSA) is 51.6 Å². The first-order chi connectivity index (χ1) is 30.7. The van der Waals surface area contributed by atoms with E-state index in [1.54, 1.807) is 0 Å². The van der Waals surface area contributed by atoms with E-state index in [4.69, 9.17) is 19.9 Å². The van der Waals surface area contributed by atoms with E-state index in [0.29, 0.717) is 11.6 Å². The minimum atomic E-state index is 0.699. The lowest BCUT2D eigenvalue weighted by molar-refractivity contribution is 1.18. The van der Waals surface area contributed by atoms with Crippen molar-refractivity contribution in [2.24, 2.45) is 0 Å². The van der Waals surface area contributed by atoms with Crippen molar-refractivity contribution in [2.75, 3.05) is 0 Å². The van der Waals surface area contributed by atoms with Gasteiger partial charge in [0.1, 0.15) is 0 Å². The average Bonchev–Trinajstić information content (AvgIpc) is 3.36. The molecule has 2 aromatic heterocycles. The van der Waals surface area contributed by atoms with Crippen molar-refractivity contribution in [2.45, 2.75) is 0 Å². The highest BCUT2D eigenvalue weighted by atomic mass is 14.9. The van der Waals surface area contributed by atoms with Gasteiger partial charge >= 0.3 is 0 Å². The molecule has 0 N–H and O–H groups in total. The Balaban J connectivity index is 1.15. The van der Waals surface area contributed by atoms with E-state index in [1.165, 1.54) is 53.9 Å². The van der Waals surface area contributed by atoms with Crippen molar-refractivity contribution in [3.63, 3.8) is 0 Å². The fourth-order valence-electron chi connectivity index (χ4n) is 9.13. The van der Waals surface area contributed by atoms with Crippen molar-refractivity contribution in [1.82, 2.24) is 19.9 Å². The Morgan fingerprint density at radius 1 is 0.194 bits per heavy atom. The minimum absolute atomic E-state index is 0.699. The third-order valence-electron chi connectivity index (χ3n) is 12.0. The molecular formula is C58H36N4. The van der Waals surface area contributed by atoms with Gasteiger partial charge in [-0.25, -0.2) is 19.9 Å². The van der Waals surface area contributed by atoms with Crippen LogP contribution in [-0.4, -0.2) is 19.9 Å². The molecule has 12 aromatic rings. The van der Waals surface area contributed by atoms with Gasteiger partial charge in [-0.05, 0) is 78.1 Å². The molecule has 62 heavy (non-hydrogen) atoms. The molecule has 0 saturated carbocycles. The molecule has 0 bridgehead atoms. The Morgan fingerprint density at radius 3 is 0.855 bits per heavy atom. The van der Waals surface area contributed by atoms with Crippen LogP contribution in [0.5, 0.6) is 0 Å². The second kappa shape index (κ2) is 14.7. The van der Waals surface area contributed by atoms with Gasteiger partial charge in [0, 0.05) is 33.4 Å². The Kier molecular flexibility index (Phi) is 8.46. The van der Waals surface area contributed by atoms with E-state index in [0.717, 1.165) is 56.2 Å². The van der Waals surface area contributed by atoms with Gasteiger partial charge < -0.3 is 0 Å². The van der Waals surface area contributed by atoms with E-state index in [2.05, 4.69) is 170 Å². The zero-order chi connectivity index (χ0) is 41.0. The third-order valence-corrected chi connectivity index (χ3v) is 12.0. The lowest BCUT2D eigenvalue weighted by Crippen LogP contribution is -1.96. The van der Waals surface area contributed by atoms with Gasteiger partial charge in [0.25, 0.3) is 0 Å². The third kappa shape index (κ3) is 6.08. The Morgan fingerprint density at radius 2 is 0.484 bits per heavy atom. The number of benzene rings is 10. The summed E-state index contributed by atoms with van der Waals surface area (Å²) >= 11 is 0. The van der Waals surface area contributed by atoms with E-state index in [9.17, 15) is 0 Å². The minimum Gasteiger partial charge on any atom is -0.228 e. The van der Waals surface area contributed by atoms with Gasteiger partial charge in [0.15, 0.2) is 11.6 Å². The van der Waals surface area contributed by atoms with Crippen LogP contribution in [0.3, 0.4) is 0 Å². The molecule has 0 aliphatic carbocycles. The molecule has 0 aliphatic heterocycles. The molecule has 0 radical (unpaired) electrons. The van der Waals surface area contributed by atoms with Crippen LogP contribution in [0, 0.1) is 0 Å². The summed E-state index contributed by atoms with van der Waals surface area (Å²) in [7, 11) is 0. The molecule has 0 fully saturated rings. The van der Waals surface area contributed by atoms with Crippen molar-refractivity contribution in [3.8, 4) is 67.8 Å². The Hall–Kier alpha value is -8.34. The van der Waals surface area contributed by atoms with Crippen LogP contribution < -0.4 is 0 Å². The predicted octanol–water partition coefficient (Wildman–Crippen LogP) is 15.0. The number of hydrogen-bond donors (Lipinski definition) is 0. The van der Waals surface area contributed by atoms with Crippen LogP contribution in [-0.2, 0) is 0 Å². The lowest BCUT2D eigenvalue weighted by Gasteiger charge is -2.18. The molecule has 0 spiro atoms. The van der Waals surface area contributed by atoms with Gasteiger partial charge in [-0.2, -0.15) is 0 Å². The fraction of sp³-hybridized carbons (Fsp3) is 0. The Bertz CT molecular complexity index is 3300. The largest absolute Gasteiger partial charge is 0.228 e. The number of nitrogens with zero attached hydrogens (tertiary/aromatic N) is 4. The summed E-state index contributed by atoms with van der Waals surface area (Å²) in [6, 6.07) is 76.9. The highest BCUT2D eigenvalue weighted by Gasteiger charge is 2.19. The second-order valence-electron chi connectivity index (χ2n) is 15.8. The highest BCUT2D eigenvalue weighted by Crippen LogP contribution is 2.46. The standard InChI is InChI=1S/C58H36N4/c1-5-17-37(18-6-1)51-35-53(61-57(59-51)39-21-9-3-10-22-39)41-29-31-45-43-25-13-16-28-48(43)56-50-34-42(30-32-46(50)44-26-14-15-27-47(44)55(56)49(45)33-41)54-36-52(38-19-7-2-8-20-38)60-58(62-54)40-23-11-4-12-24-40/h1-36H. The normalized spacial score (nSPS) is 11.5. The molecule has 4 nitrogen and oxygen atoms in total. The second-order valence-corrected chi connectivity index (χ2v) is 15.8. The van der Waals surface area contributed by atoms with Crippen molar-refractivity contribution in [1.29, 1.82) is 0 Å². The van der Waals surface area contributed by atoms with Gasteiger partial charge in [0.05, 0.1) is 22.8 Å². The van der Waals surface area contributed by atoms with Crippen molar-refractivity contribution < 1.29 is 0 Å². The Labute approximate surface area is 358 Å². The molecule has 0 saturated heterocycles. The lowest BCUT2D eigenvalue weighted by atomic mass is 9.86. The van der Waals surface area contributed by atoms with Gasteiger partial charge in [0.2, 0.25) is 0 Å². The molecule has 2 heterocycles. The molecular weight excluding hydrogens is 753 g/mol. The van der Waals surface area contributed by atoms with E-state index >= 15 is 0 Å². The monoisotopic (exact) mass is 788 g/mol. The number of rotatable bonds is 6. The summed E-state index contributed by atoms with van der Waals surface area (Å²) in [6.07, 6.45) is 0. The first-order valence-electron chi connectivity index (χ1n) is 21.0. The van der Waals surface area contributed by atoms with Crippen LogP contribution in [0.2, 0.25) is 0 Å². The summed E-state index contributed by atoms with van der Waals surface area (Å²) in [5.74, 6) is 1.40. The van der Waals surface area contributed by atoms with Gasteiger partial charge in [-0.1, -0.05) is 194 Å². The quantitative estimate of drug-likeness (QED) is 0.158. The van der Waals surface area contributed by atoms with Crippen molar-refractivity contribution >= 4 is 53.9 Å². The first-order valence-corrected chi connectivity index (χ1v) is 21.0. The summed E-state index contributed by atoms with van der Waals surface area (Å²) in [5, 5.41) is 12.1. The van der Waals surface area contributed by atoms with Crippen molar-refractivity contribution in [3.05, 3.63) is 218 Å². The molecule has 12 rings (SSSR count). The molecule has 4 heteroatoms. The van der Waals surface area contributed by atoms with Gasteiger partial charge in [-0.3, -0.25) is 0 Å². The zero-order valence-corrected chi connectivity index (χ0v) is 33.6. The smallest absolute Gasteiger partial charge is 0.160 e. The first kappa shape index (κ1) is 35.6. The highest BCUT2D eigenvalue weighted by molar-refractivity contribution is 6.39. The predicted molar refractivity (Wildman–Crippen MR) is 258 cm³/mol. The van der Waals surface area contributed by atoms with Gasteiger partial charge in [-0.15, -0.1) is 0 Å². The maximum atomic E-state index is 5.24. The fourth-order valence-corrected chi connectivity index (χ4v) is 9.13. The van der Waals surface area contributed by atoms with E-state index < -0.39 is 0 Å². The molecule has 0 amide bonds. The van der Waals surface area contributed by atoms with E-state index in [-0.39, 0.29) is 0 Å². The van der Waals surface area contributed by atoms with Crippen LogP contribution >= 0.6 is 0 Å². The van der Waals surface area contributed by atoms with E-state index in [1.807, 2.05) is 48.5 Å². The van der Waals surface area contributed by atoms with Crippen LogP contribution in [0.4, 0.5) is 0 Å². The average molecular weight is 789 g/mol. The molecule has 0 atom stereocenters. The summed E-state index contributed by atoms with van der Waals surface area (Å²) < 4.78 is 0. The maximum absolute atomic E-state index is 5.24. The zero-order valence-electron chi connectivity index (χ0n) is 33.6. The van der Waals surface area contributed by atoms with Crippen LogP contribution in [0.15, 0.2) is 218 Å². The summed E-state index contributed by atoms with van der Waals surface area (Å²) in [4.78, 5) is 20.7. The number of fused-ring (bicyclic) bond motifs is 11.